The van der Waals surface area contributed by atoms with Crippen LogP contribution in [0.1, 0.15) is 19.4 Å². The molecule has 1 aromatic carbocycles. The number of amides is 1. The number of carbonyl (C=O) groups excluding carboxylic acids is 1. The van der Waals surface area contributed by atoms with Crippen molar-refractivity contribution in [2.45, 2.75) is 32.4 Å². The molecule has 22 heavy (non-hydrogen) atoms. The van der Waals surface area contributed by atoms with Crippen LogP contribution in [0.4, 0.5) is 5.69 Å². The molecule has 3 atom stereocenters. The van der Waals surface area contributed by atoms with E-state index >= 15 is 0 Å². The molecule has 0 saturated carbocycles. The molecule has 2 N–H and O–H groups in total. The lowest BCUT2D eigenvalue weighted by molar-refractivity contribution is -0.119. The normalized spacial score (nSPS) is 27.5. The first-order chi connectivity index (χ1) is 10.6. The lowest BCUT2D eigenvalue weighted by Crippen LogP contribution is -2.44. The molecule has 2 heterocycles. The quantitative estimate of drug-likeness (QED) is 0.871. The van der Waals surface area contributed by atoms with E-state index < -0.39 is 0 Å². The van der Waals surface area contributed by atoms with E-state index in [9.17, 15) is 4.79 Å². The second kappa shape index (κ2) is 6.36. The van der Waals surface area contributed by atoms with Gasteiger partial charge in [0.2, 0.25) is 5.91 Å². The molecule has 1 saturated heterocycles. The molecule has 1 amide bonds. The van der Waals surface area contributed by atoms with Crippen LogP contribution in [0.15, 0.2) is 24.3 Å². The number of hydrogen-bond acceptors (Lipinski definition) is 4. The Morgan fingerprint density at radius 1 is 1.36 bits per heavy atom. The summed E-state index contributed by atoms with van der Waals surface area (Å²) >= 11 is 0. The molecule has 1 fully saturated rings. The van der Waals surface area contributed by atoms with Gasteiger partial charge in [-0.05, 0) is 38.9 Å². The number of rotatable bonds is 4. The average Bonchev–Trinajstić information content (AvgIpc) is 3.01. The molecule has 2 aliphatic heterocycles. The maximum absolute atomic E-state index is 12.7. The maximum Gasteiger partial charge on any atom is 0.241 e. The lowest BCUT2D eigenvalue weighted by Gasteiger charge is -2.27. The van der Waals surface area contributed by atoms with E-state index in [4.69, 9.17) is 0 Å². The van der Waals surface area contributed by atoms with Crippen LogP contribution >= 0.6 is 0 Å². The SMILES string of the molecule is CC1NNCC1CN(C)CC(=O)N1c2ccccc2CC1C. The summed E-state index contributed by atoms with van der Waals surface area (Å²) in [5, 5.41) is 0. The minimum absolute atomic E-state index is 0.200. The van der Waals surface area contributed by atoms with E-state index in [-0.39, 0.29) is 11.9 Å². The van der Waals surface area contributed by atoms with Crippen LogP contribution in [0.5, 0.6) is 0 Å². The van der Waals surface area contributed by atoms with Gasteiger partial charge < -0.3 is 4.90 Å². The van der Waals surface area contributed by atoms with E-state index in [2.05, 4.69) is 41.7 Å². The summed E-state index contributed by atoms with van der Waals surface area (Å²) in [4.78, 5) is 16.9. The van der Waals surface area contributed by atoms with Crippen molar-refractivity contribution in [1.82, 2.24) is 15.8 Å². The van der Waals surface area contributed by atoms with Crippen molar-refractivity contribution in [2.75, 3.05) is 31.6 Å². The Balaban J connectivity index is 1.62. The van der Waals surface area contributed by atoms with Crippen LogP contribution < -0.4 is 15.8 Å². The van der Waals surface area contributed by atoms with Gasteiger partial charge in [0, 0.05) is 36.8 Å². The van der Waals surface area contributed by atoms with Crippen LogP contribution in [-0.2, 0) is 11.2 Å². The Morgan fingerprint density at radius 2 is 2.14 bits per heavy atom. The van der Waals surface area contributed by atoms with Crippen LogP contribution in [0, 0.1) is 5.92 Å². The zero-order chi connectivity index (χ0) is 15.7. The van der Waals surface area contributed by atoms with E-state index in [1.54, 1.807) is 0 Å². The van der Waals surface area contributed by atoms with Gasteiger partial charge in [0.15, 0.2) is 0 Å². The first-order valence-electron chi connectivity index (χ1n) is 8.13. The fourth-order valence-electron chi connectivity index (χ4n) is 3.59. The Kier molecular flexibility index (Phi) is 4.47. The predicted octanol–water partition coefficient (Wildman–Crippen LogP) is 1.01. The van der Waals surface area contributed by atoms with Gasteiger partial charge in [-0.15, -0.1) is 0 Å². The number of likely N-dealkylation sites (N-methyl/N-ethyl adjacent to an activating group) is 1. The lowest BCUT2D eigenvalue weighted by atomic mass is 10.0. The van der Waals surface area contributed by atoms with Gasteiger partial charge in [0.1, 0.15) is 0 Å². The molecular formula is C17H26N4O. The molecule has 5 nitrogen and oxygen atoms in total. The van der Waals surface area contributed by atoms with Crippen molar-refractivity contribution < 1.29 is 4.79 Å². The Hall–Kier alpha value is -1.43. The largest absolute Gasteiger partial charge is 0.308 e. The number of fused-ring (bicyclic) bond motifs is 1. The molecule has 0 spiro atoms. The molecule has 3 unspecified atom stereocenters. The van der Waals surface area contributed by atoms with E-state index in [1.807, 2.05) is 24.1 Å². The number of hydrogen-bond donors (Lipinski definition) is 2. The second-order valence-electron chi connectivity index (χ2n) is 6.72. The fraction of sp³-hybridized carbons (Fsp3) is 0.588. The van der Waals surface area contributed by atoms with Gasteiger partial charge in [-0.2, -0.15) is 0 Å². The highest BCUT2D eigenvalue weighted by Crippen LogP contribution is 2.31. The number of anilines is 1. The summed E-state index contributed by atoms with van der Waals surface area (Å²) < 4.78 is 0. The van der Waals surface area contributed by atoms with Gasteiger partial charge >= 0.3 is 0 Å². The van der Waals surface area contributed by atoms with E-state index in [0.717, 1.165) is 25.2 Å². The van der Waals surface area contributed by atoms with Crippen molar-refractivity contribution in [3.05, 3.63) is 29.8 Å². The summed E-state index contributed by atoms with van der Waals surface area (Å²) in [6.07, 6.45) is 0.957. The average molecular weight is 302 g/mol. The molecule has 0 bridgehead atoms. The van der Waals surface area contributed by atoms with Gasteiger partial charge in [0.25, 0.3) is 0 Å². The molecular weight excluding hydrogens is 276 g/mol. The van der Waals surface area contributed by atoms with Crippen molar-refractivity contribution in [3.8, 4) is 0 Å². The second-order valence-corrected chi connectivity index (χ2v) is 6.72. The molecule has 5 heteroatoms. The van der Waals surface area contributed by atoms with Crippen LogP contribution in [-0.4, -0.2) is 49.6 Å². The standard InChI is InChI=1S/C17H26N4O/c1-12-8-14-6-4-5-7-16(14)21(12)17(22)11-20(3)10-15-9-18-19-13(15)2/h4-7,12-13,15,18-19H,8-11H2,1-3H3. The first-order valence-corrected chi connectivity index (χ1v) is 8.13. The van der Waals surface area contributed by atoms with E-state index in [1.165, 1.54) is 5.56 Å². The molecule has 0 aliphatic carbocycles. The smallest absolute Gasteiger partial charge is 0.241 e. The Morgan fingerprint density at radius 3 is 2.86 bits per heavy atom. The first kappa shape index (κ1) is 15.5. The maximum atomic E-state index is 12.7. The summed E-state index contributed by atoms with van der Waals surface area (Å²) in [6.45, 7) is 6.67. The zero-order valence-electron chi connectivity index (χ0n) is 13.7. The number of carbonyl (C=O) groups is 1. The molecule has 0 radical (unpaired) electrons. The zero-order valence-corrected chi connectivity index (χ0v) is 13.7. The molecule has 120 valence electrons. The van der Waals surface area contributed by atoms with Gasteiger partial charge in [-0.25, -0.2) is 0 Å². The highest BCUT2D eigenvalue weighted by atomic mass is 16.2. The highest BCUT2D eigenvalue weighted by molar-refractivity contribution is 5.97. The van der Waals surface area contributed by atoms with Gasteiger partial charge in [-0.3, -0.25) is 20.5 Å². The summed E-state index contributed by atoms with van der Waals surface area (Å²) in [7, 11) is 2.04. The monoisotopic (exact) mass is 302 g/mol. The minimum atomic E-state index is 0.200. The van der Waals surface area contributed by atoms with Crippen LogP contribution in [0.3, 0.4) is 0 Å². The molecule has 3 rings (SSSR count). The number of benzene rings is 1. The number of hydrazine groups is 1. The fourth-order valence-corrected chi connectivity index (χ4v) is 3.59. The highest BCUT2D eigenvalue weighted by Gasteiger charge is 2.31. The van der Waals surface area contributed by atoms with Crippen molar-refractivity contribution in [1.29, 1.82) is 0 Å². The number of para-hydroxylation sites is 1. The summed E-state index contributed by atoms with van der Waals surface area (Å²) in [5.41, 5.74) is 8.79. The third kappa shape index (κ3) is 3.02. The third-order valence-electron chi connectivity index (χ3n) is 4.83. The third-order valence-corrected chi connectivity index (χ3v) is 4.83. The van der Waals surface area contributed by atoms with Crippen molar-refractivity contribution >= 4 is 11.6 Å². The Bertz CT molecular complexity index is 547. The van der Waals surface area contributed by atoms with Gasteiger partial charge in [0.05, 0.1) is 6.54 Å². The van der Waals surface area contributed by atoms with Crippen molar-refractivity contribution in [2.24, 2.45) is 5.92 Å². The molecule has 0 aromatic heterocycles. The van der Waals surface area contributed by atoms with Crippen LogP contribution in [0.2, 0.25) is 0 Å². The number of nitrogens with zero attached hydrogens (tertiary/aromatic N) is 2. The van der Waals surface area contributed by atoms with Gasteiger partial charge in [-0.1, -0.05) is 18.2 Å². The molecule has 2 aliphatic rings. The summed E-state index contributed by atoms with van der Waals surface area (Å²) in [6, 6.07) is 8.95. The molecule has 1 aromatic rings. The Labute approximate surface area is 132 Å². The van der Waals surface area contributed by atoms with Crippen molar-refractivity contribution in [3.63, 3.8) is 0 Å². The van der Waals surface area contributed by atoms with E-state index in [0.29, 0.717) is 18.5 Å². The number of nitrogens with one attached hydrogen (secondary N) is 2. The summed E-state index contributed by atoms with van der Waals surface area (Å²) in [5.74, 6) is 0.743. The minimum Gasteiger partial charge on any atom is -0.308 e. The van der Waals surface area contributed by atoms with Crippen LogP contribution in [0.25, 0.3) is 0 Å². The topological polar surface area (TPSA) is 47.6 Å². The predicted molar refractivity (Wildman–Crippen MR) is 88.7 cm³/mol.